The molecule has 8 nitrogen and oxygen atoms in total. The Morgan fingerprint density at radius 1 is 0.867 bits per heavy atom. The smallest absolute Gasteiger partial charge is 0.296 e. The van der Waals surface area contributed by atoms with Crippen molar-refractivity contribution in [1.82, 2.24) is 0 Å². The molecule has 3 rings (SSSR count). The molecule has 3 aromatic carbocycles. The third-order valence-corrected chi connectivity index (χ3v) is 4.51. The van der Waals surface area contributed by atoms with Gasteiger partial charge in [-0.25, -0.2) is 0 Å². The summed E-state index contributed by atoms with van der Waals surface area (Å²) >= 11 is 4.25. The number of azo groups is 2. The van der Waals surface area contributed by atoms with E-state index in [4.69, 9.17) is 4.74 Å². The van der Waals surface area contributed by atoms with E-state index in [1.54, 1.807) is 31.2 Å². The van der Waals surface area contributed by atoms with Crippen LogP contribution in [-0.4, -0.2) is 12.0 Å². The number of hydrogen-bond acceptors (Lipinski definition) is 8. The monoisotopic (exact) mass is 421 g/mol. The lowest BCUT2D eigenvalue weighted by Crippen LogP contribution is -1.89. The Kier molecular flexibility index (Phi) is 6.53. The Morgan fingerprint density at radius 3 is 2.20 bits per heavy atom. The summed E-state index contributed by atoms with van der Waals surface area (Å²) in [6, 6.07) is 15.5. The zero-order chi connectivity index (χ0) is 21.7. The highest BCUT2D eigenvalue weighted by Gasteiger charge is 2.14. The Labute approximate surface area is 178 Å². The van der Waals surface area contributed by atoms with Crippen LogP contribution in [0.3, 0.4) is 0 Å². The average Bonchev–Trinajstić information content (AvgIpc) is 2.73. The van der Waals surface area contributed by atoms with Crippen LogP contribution in [0.4, 0.5) is 28.4 Å². The molecule has 0 bridgehead atoms. The van der Waals surface area contributed by atoms with Gasteiger partial charge in [0.2, 0.25) is 0 Å². The molecule has 3 aromatic rings. The maximum atomic E-state index is 11.3. The second-order valence-corrected chi connectivity index (χ2v) is 6.99. The van der Waals surface area contributed by atoms with Crippen LogP contribution in [0.2, 0.25) is 0 Å². The number of hydrogen-bond donors (Lipinski definition) is 1. The molecule has 0 saturated heterocycles. The lowest BCUT2D eigenvalue weighted by atomic mass is 10.1. The van der Waals surface area contributed by atoms with E-state index in [1.807, 2.05) is 31.2 Å². The predicted molar refractivity (Wildman–Crippen MR) is 118 cm³/mol. The maximum absolute atomic E-state index is 11.3. The number of nitro benzene ring substituents is 1. The van der Waals surface area contributed by atoms with Crippen molar-refractivity contribution in [3.05, 3.63) is 75.8 Å². The van der Waals surface area contributed by atoms with Gasteiger partial charge in [-0.2, -0.15) is 5.11 Å². The first kappa shape index (κ1) is 21.1. The first-order chi connectivity index (χ1) is 14.4. The van der Waals surface area contributed by atoms with E-state index in [2.05, 4.69) is 33.1 Å². The highest BCUT2D eigenvalue weighted by Crippen LogP contribution is 2.37. The summed E-state index contributed by atoms with van der Waals surface area (Å²) in [7, 11) is 1.52. The number of thiol groups is 1. The summed E-state index contributed by atoms with van der Waals surface area (Å²) in [5, 5.41) is 28.0. The van der Waals surface area contributed by atoms with Crippen molar-refractivity contribution in [3.63, 3.8) is 0 Å². The van der Waals surface area contributed by atoms with E-state index in [-0.39, 0.29) is 11.4 Å². The number of benzene rings is 3. The molecule has 0 aliphatic heterocycles. The van der Waals surface area contributed by atoms with Gasteiger partial charge in [0.15, 0.2) is 5.69 Å². The van der Waals surface area contributed by atoms with Crippen molar-refractivity contribution in [2.24, 2.45) is 20.5 Å². The van der Waals surface area contributed by atoms with E-state index in [1.165, 1.54) is 13.2 Å². The summed E-state index contributed by atoms with van der Waals surface area (Å²) in [5.41, 5.74) is 3.36. The molecule has 0 unspecified atom stereocenters. The molecule has 0 atom stereocenters. The van der Waals surface area contributed by atoms with Crippen LogP contribution in [-0.2, 0) is 0 Å². The van der Waals surface area contributed by atoms with Gasteiger partial charge in [-0.1, -0.05) is 6.07 Å². The molecule has 0 radical (unpaired) electrons. The molecule has 0 aromatic heterocycles. The quantitative estimate of drug-likeness (QED) is 0.195. The van der Waals surface area contributed by atoms with Crippen LogP contribution in [0, 0.1) is 24.0 Å². The van der Waals surface area contributed by atoms with Crippen LogP contribution in [0.1, 0.15) is 11.1 Å². The first-order valence-corrected chi connectivity index (χ1v) is 9.38. The Bertz CT molecular complexity index is 1140. The summed E-state index contributed by atoms with van der Waals surface area (Å²) in [6.07, 6.45) is 0. The van der Waals surface area contributed by atoms with Gasteiger partial charge in [-0.05, 0) is 61.4 Å². The molecule has 0 fully saturated rings. The van der Waals surface area contributed by atoms with Gasteiger partial charge >= 0.3 is 0 Å². The first-order valence-electron chi connectivity index (χ1n) is 8.93. The van der Waals surface area contributed by atoms with E-state index in [0.29, 0.717) is 22.8 Å². The topological polar surface area (TPSA) is 102 Å². The van der Waals surface area contributed by atoms with Crippen molar-refractivity contribution < 1.29 is 9.66 Å². The van der Waals surface area contributed by atoms with Crippen molar-refractivity contribution in [2.45, 2.75) is 18.7 Å². The molecule has 0 heterocycles. The van der Waals surface area contributed by atoms with Gasteiger partial charge in [-0.15, -0.1) is 28.0 Å². The van der Waals surface area contributed by atoms with Crippen molar-refractivity contribution in [2.75, 3.05) is 7.11 Å². The van der Waals surface area contributed by atoms with Gasteiger partial charge in [0.1, 0.15) is 11.4 Å². The van der Waals surface area contributed by atoms with Gasteiger partial charge < -0.3 is 4.74 Å². The van der Waals surface area contributed by atoms with E-state index in [9.17, 15) is 10.1 Å². The van der Waals surface area contributed by atoms with E-state index < -0.39 is 4.92 Å². The number of rotatable bonds is 6. The summed E-state index contributed by atoms with van der Waals surface area (Å²) in [5.74, 6) is 0.461. The van der Waals surface area contributed by atoms with Crippen LogP contribution < -0.4 is 4.74 Å². The van der Waals surface area contributed by atoms with Gasteiger partial charge in [0.05, 0.1) is 23.4 Å². The molecular formula is C21H19N5O3S. The molecule has 0 spiro atoms. The molecule has 30 heavy (non-hydrogen) atoms. The Morgan fingerprint density at radius 2 is 1.53 bits per heavy atom. The maximum Gasteiger partial charge on any atom is 0.296 e. The number of nitro groups is 1. The Hall–Kier alpha value is -3.59. The molecule has 0 amide bonds. The zero-order valence-corrected chi connectivity index (χ0v) is 17.5. The van der Waals surface area contributed by atoms with Crippen LogP contribution in [0.25, 0.3) is 0 Å². The second-order valence-electron chi connectivity index (χ2n) is 6.48. The highest BCUT2D eigenvalue weighted by molar-refractivity contribution is 7.80. The lowest BCUT2D eigenvalue weighted by Gasteiger charge is -2.07. The minimum Gasteiger partial charge on any atom is -0.494 e. The molecular weight excluding hydrogens is 402 g/mol. The molecule has 0 N–H and O–H groups in total. The Balaban J connectivity index is 1.92. The fourth-order valence-corrected chi connectivity index (χ4v) is 2.76. The summed E-state index contributed by atoms with van der Waals surface area (Å²) in [4.78, 5) is 11.6. The molecule has 0 aliphatic carbocycles. The lowest BCUT2D eigenvalue weighted by molar-refractivity contribution is -0.384. The number of nitrogens with zero attached hydrogens (tertiary/aromatic N) is 5. The number of methoxy groups -OCH3 is 1. The highest BCUT2D eigenvalue weighted by atomic mass is 32.1. The van der Waals surface area contributed by atoms with E-state index >= 15 is 0 Å². The fraction of sp³-hybridized carbons (Fsp3) is 0.143. The summed E-state index contributed by atoms with van der Waals surface area (Å²) in [6.45, 7) is 3.62. The van der Waals surface area contributed by atoms with Gasteiger partial charge in [0, 0.05) is 17.0 Å². The second kappa shape index (κ2) is 9.27. The SMILES string of the molecule is COc1cc(N=Nc2ccc(C)cc2[N+](=O)[O-])c(C)cc1N=Nc1ccc(S)cc1. The van der Waals surface area contributed by atoms with Crippen LogP contribution >= 0.6 is 12.6 Å². The molecule has 9 heteroatoms. The fourth-order valence-electron chi connectivity index (χ4n) is 2.61. The minimum absolute atomic E-state index is 0.0963. The largest absolute Gasteiger partial charge is 0.494 e. The minimum atomic E-state index is -0.474. The third-order valence-electron chi connectivity index (χ3n) is 4.21. The van der Waals surface area contributed by atoms with Crippen LogP contribution in [0.5, 0.6) is 5.75 Å². The van der Waals surface area contributed by atoms with Crippen molar-refractivity contribution in [1.29, 1.82) is 0 Å². The average molecular weight is 421 g/mol. The van der Waals surface area contributed by atoms with Gasteiger partial charge in [0.25, 0.3) is 5.69 Å². The van der Waals surface area contributed by atoms with E-state index in [0.717, 1.165) is 16.0 Å². The van der Waals surface area contributed by atoms with Crippen molar-refractivity contribution >= 4 is 41.1 Å². The van der Waals surface area contributed by atoms with Crippen LogP contribution in [0.15, 0.2) is 79.9 Å². The normalized spacial score (nSPS) is 11.3. The molecule has 0 saturated carbocycles. The molecule has 0 aliphatic rings. The molecule has 152 valence electrons. The number of aryl methyl sites for hydroxylation is 2. The van der Waals surface area contributed by atoms with Gasteiger partial charge in [-0.3, -0.25) is 10.1 Å². The predicted octanol–water partition coefficient (Wildman–Crippen LogP) is 7.34. The third kappa shape index (κ3) is 5.06. The zero-order valence-electron chi connectivity index (χ0n) is 16.6. The van der Waals surface area contributed by atoms with Crippen molar-refractivity contribution in [3.8, 4) is 5.75 Å². The summed E-state index contributed by atoms with van der Waals surface area (Å²) < 4.78 is 5.40. The standard InChI is InChI=1S/C21H19N5O3S/c1-13-4-9-17(20(10-13)26(27)28)23-24-18-12-21(29-3)19(11-14(18)2)25-22-15-5-7-16(30)8-6-15/h4-12,30H,1-3H3. The number of ether oxygens (including phenoxy) is 1.